The van der Waals surface area contributed by atoms with Crippen molar-refractivity contribution in [3.05, 3.63) is 34.9 Å². The average molecular weight is 326 g/mol. The molecule has 5 nitrogen and oxygen atoms in total. The molecule has 0 heterocycles. The lowest BCUT2D eigenvalue weighted by Gasteiger charge is -2.13. The maximum absolute atomic E-state index is 11.9. The molecule has 2 N–H and O–H groups in total. The van der Waals surface area contributed by atoms with E-state index >= 15 is 0 Å². The van der Waals surface area contributed by atoms with Gasteiger partial charge in [-0.15, -0.1) is 0 Å². The minimum Gasteiger partial charge on any atom is -0.480 e. The third-order valence-corrected chi connectivity index (χ3v) is 3.48. The van der Waals surface area contributed by atoms with Gasteiger partial charge >= 0.3 is 5.97 Å². The summed E-state index contributed by atoms with van der Waals surface area (Å²) in [6.07, 6.45) is 1.98. The van der Waals surface area contributed by atoms with Gasteiger partial charge in [-0.1, -0.05) is 31.4 Å². The molecule has 1 amide bonds. The number of carboxylic acids is 1. The fourth-order valence-corrected chi connectivity index (χ4v) is 2.07. The summed E-state index contributed by atoms with van der Waals surface area (Å²) in [6.45, 7) is 1.95. The number of nitrogens with one attached hydrogen (secondary N) is 1. The second-order valence-corrected chi connectivity index (χ2v) is 5.47. The molecule has 0 aromatic heterocycles. The maximum Gasteiger partial charge on any atom is 0.326 e. The Kier molecular flexibility index (Phi) is 7.60. The van der Waals surface area contributed by atoms with Crippen LogP contribution in [0.3, 0.4) is 0 Å². The molecule has 0 spiro atoms. The van der Waals surface area contributed by atoms with Crippen LogP contribution >= 0.6 is 11.6 Å². The van der Waals surface area contributed by atoms with E-state index in [2.05, 4.69) is 5.32 Å². The molecule has 1 atom stereocenters. The molecule has 0 aliphatic heterocycles. The number of Topliss-reactive ketones (excluding diaryl/α,β-unsaturated/α-hetero) is 1. The number of halogens is 1. The van der Waals surface area contributed by atoms with Crippen molar-refractivity contribution in [2.75, 3.05) is 0 Å². The summed E-state index contributed by atoms with van der Waals surface area (Å²) in [5, 5.41) is 12.0. The standard InChI is InChI=1S/C16H20ClNO4/c1-2-3-4-13(16(21)22)18-15(20)10-9-14(19)11-5-7-12(17)8-6-11/h5-8,13H,2-4,9-10H2,1H3,(H,18,20)(H,21,22)/t13-/m0/s1. The van der Waals surface area contributed by atoms with Crippen LogP contribution in [0.15, 0.2) is 24.3 Å². The van der Waals surface area contributed by atoms with E-state index in [9.17, 15) is 14.4 Å². The lowest BCUT2D eigenvalue weighted by Crippen LogP contribution is -2.40. The number of ketones is 1. The highest BCUT2D eigenvalue weighted by Crippen LogP contribution is 2.12. The molecule has 0 saturated heterocycles. The van der Waals surface area contributed by atoms with Crippen LogP contribution in [-0.4, -0.2) is 28.8 Å². The molecule has 120 valence electrons. The van der Waals surface area contributed by atoms with Crippen LogP contribution in [0, 0.1) is 0 Å². The molecule has 0 radical (unpaired) electrons. The Hall–Kier alpha value is -1.88. The van der Waals surface area contributed by atoms with Gasteiger partial charge in [-0.2, -0.15) is 0 Å². The first-order valence-corrected chi connectivity index (χ1v) is 7.62. The lowest BCUT2D eigenvalue weighted by atomic mass is 10.1. The SMILES string of the molecule is CCCC[C@H](NC(=O)CCC(=O)c1ccc(Cl)cc1)C(=O)O. The van der Waals surface area contributed by atoms with E-state index in [1.807, 2.05) is 6.92 Å². The molecule has 1 aromatic carbocycles. The van der Waals surface area contributed by atoms with Crippen LogP contribution in [0.2, 0.25) is 5.02 Å². The topological polar surface area (TPSA) is 83.5 Å². The normalized spacial score (nSPS) is 11.7. The zero-order chi connectivity index (χ0) is 16.5. The highest BCUT2D eigenvalue weighted by Gasteiger charge is 2.19. The average Bonchev–Trinajstić information content (AvgIpc) is 2.49. The molecular weight excluding hydrogens is 306 g/mol. The van der Waals surface area contributed by atoms with E-state index < -0.39 is 17.9 Å². The predicted octanol–water partition coefficient (Wildman–Crippen LogP) is 3.06. The van der Waals surface area contributed by atoms with E-state index in [1.54, 1.807) is 24.3 Å². The van der Waals surface area contributed by atoms with Crippen molar-refractivity contribution < 1.29 is 19.5 Å². The van der Waals surface area contributed by atoms with E-state index in [1.165, 1.54) is 0 Å². The van der Waals surface area contributed by atoms with Crippen molar-refractivity contribution in [3.63, 3.8) is 0 Å². The molecule has 0 saturated carbocycles. The minimum absolute atomic E-state index is 0.0304. The van der Waals surface area contributed by atoms with E-state index in [4.69, 9.17) is 16.7 Å². The summed E-state index contributed by atoms with van der Waals surface area (Å²) in [5.74, 6) is -1.65. The Labute approximate surface area is 134 Å². The Morgan fingerprint density at radius 3 is 2.36 bits per heavy atom. The van der Waals surface area contributed by atoms with Crippen molar-refractivity contribution in [1.82, 2.24) is 5.32 Å². The first-order valence-electron chi connectivity index (χ1n) is 7.25. The fraction of sp³-hybridized carbons (Fsp3) is 0.438. The van der Waals surface area contributed by atoms with Crippen LogP contribution in [0.4, 0.5) is 0 Å². The zero-order valence-electron chi connectivity index (χ0n) is 12.5. The number of rotatable bonds is 9. The highest BCUT2D eigenvalue weighted by atomic mass is 35.5. The summed E-state index contributed by atoms with van der Waals surface area (Å²) in [7, 11) is 0. The molecular formula is C16H20ClNO4. The minimum atomic E-state index is -1.05. The summed E-state index contributed by atoms with van der Waals surface area (Å²) < 4.78 is 0. The number of benzene rings is 1. The van der Waals surface area contributed by atoms with Crippen LogP contribution in [0.25, 0.3) is 0 Å². The Morgan fingerprint density at radius 1 is 1.18 bits per heavy atom. The summed E-state index contributed by atoms with van der Waals surface area (Å²) >= 11 is 5.74. The third kappa shape index (κ3) is 6.26. The molecule has 1 rings (SSSR count). The smallest absolute Gasteiger partial charge is 0.326 e. The van der Waals surface area contributed by atoms with Gasteiger partial charge in [0.1, 0.15) is 6.04 Å². The lowest BCUT2D eigenvalue weighted by molar-refractivity contribution is -0.142. The van der Waals surface area contributed by atoms with Crippen LogP contribution in [0.1, 0.15) is 49.4 Å². The summed E-state index contributed by atoms with van der Waals surface area (Å²) in [4.78, 5) is 34.7. The summed E-state index contributed by atoms with van der Waals surface area (Å²) in [6, 6.07) is 5.53. The van der Waals surface area contributed by atoms with Crippen molar-refractivity contribution in [2.24, 2.45) is 0 Å². The van der Waals surface area contributed by atoms with Crippen molar-refractivity contribution in [1.29, 1.82) is 0 Å². The third-order valence-electron chi connectivity index (χ3n) is 3.22. The van der Waals surface area contributed by atoms with E-state index in [-0.39, 0.29) is 18.6 Å². The molecule has 0 aliphatic rings. The maximum atomic E-state index is 11.9. The molecule has 0 aliphatic carbocycles. The number of carboxylic acid groups (broad SMARTS) is 1. The number of carbonyl (C=O) groups is 3. The number of hydrogen-bond donors (Lipinski definition) is 2. The van der Waals surface area contributed by atoms with Gasteiger partial charge in [0, 0.05) is 23.4 Å². The monoisotopic (exact) mass is 325 g/mol. The molecule has 22 heavy (non-hydrogen) atoms. The number of unbranched alkanes of at least 4 members (excludes halogenated alkanes) is 1. The number of hydrogen-bond acceptors (Lipinski definition) is 3. The molecule has 6 heteroatoms. The number of aliphatic carboxylic acids is 1. The van der Waals surface area contributed by atoms with Gasteiger partial charge in [0.15, 0.2) is 5.78 Å². The van der Waals surface area contributed by atoms with Crippen LogP contribution in [-0.2, 0) is 9.59 Å². The predicted molar refractivity (Wildman–Crippen MR) is 84.1 cm³/mol. The Morgan fingerprint density at radius 2 is 1.82 bits per heavy atom. The molecule has 1 aromatic rings. The second-order valence-electron chi connectivity index (χ2n) is 5.03. The van der Waals surface area contributed by atoms with Crippen molar-refractivity contribution in [3.8, 4) is 0 Å². The first kappa shape index (κ1) is 18.2. The highest BCUT2D eigenvalue weighted by molar-refractivity contribution is 6.30. The quantitative estimate of drug-likeness (QED) is 0.683. The largest absolute Gasteiger partial charge is 0.480 e. The zero-order valence-corrected chi connectivity index (χ0v) is 13.2. The van der Waals surface area contributed by atoms with E-state index in [0.717, 1.165) is 12.8 Å². The Balaban J connectivity index is 2.45. The van der Waals surface area contributed by atoms with Crippen molar-refractivity contribution >= 4 is 29.3 Å². The second kappa shape index (κ2) is 9.20. The van der Waals surface area contributed by atoms with Gasteiger partial charge in [-0.05, 0) is 30.7 Å². The van der Waals surface area contributed by atoms with E-state index in [0.29, 0.717) is 17.0 Å². The van der Waals surface area contributed by atoms with Gasteiger partial charge in [0.2, 0.25) is 5.91 Å². The Bertz CT molecular complexity index is 527. The first-order chi connectivity index (χ1) is 10.4. The molecule has 0 unspecified atom stereocenters. The van der Waals surface area contributed by atoms with Crippen molar-refractivity contribution in [2.45, 2.75) is 45.1 Å². The van der Waals surface area contributed by atoms with Gasteiger partial charge in [-0.25, -0.2) is 4.79 Å². The molecule has 0 bridgehead atoms. The van der Waals surface area contributed by atoms with Gasteiger partial charge in [-0.3, -0.25) is 9.59 Å². The van der Waals surface area contributed by atoms with Gasteiger partial charge in [0.25, 0.3) is 0 Å². The van der Waals surface area contributed by atoms with Gasteiger partial charge in [0.05, 0.1) is 0 Å². The fourth-order valence-electron chi connectivity index (χ4n) is 1.94. The summed E-state index contributed by atoms with van der Waals surface area (Å²) in [5.41, 5.74) is 0.484. The van der Waals surface area contributed by atoms with Crippen LogP contribution < -0.4 is 5.32 Å². The van der Waals surface area contributed by atoms with Crippen LogP contribution in [0.5, 0.6) is 0 Å². The number of amides is 1. The molecule has 0 fully saturated rings. The van der Waals surface area contributed by atoms with Gasteiger partial charge < -0.3 is 10.4 Å². The number of carbonyl (C=O) groups excluding carboxylic acids is 2.